The van der Waals surface area contributed by atoms with Crippen LogP contribution in [0.15, 0.2) is 53.9 Å². The summed E-state index contributed by atoms with van der Waals surface area (Å²) in [5, 5.41) is 8.67. The molecule has 4 aliphatic rings. The van der Waals surface area contributed by atoms with Crippen molar-refractivity contribution in [3.05, 3.63) is 63.8 Å². The third kappa shape index (κ3) is 4.17. The van der Waals surface area contributed by atoms with Crippen molar-refractivity contribution >= 4 is 46.3 Å². The lowest BCUT2D eigenvalue weighted by Crippen LogP contribution is -2.57. The number of rotatable bonds is 6. The van der Waals surface area contributed by atoms with Gasteiger partial charge in [0.25, 0.3) is 0 Å². The second-order valence-electron chi connectivity index (χ2n) is 11.1. The van der Waals surface area contributed by atoms with Crippen LogP contribution in [0.4, 0.5) is 5.69 Å². The van der Waals surface area contributed by atoms with E-state index in [4.69, 9.17) is 16.3 Å². The van der Waals surface area contributed by atoms with Crippen molar-refractivity contribution in [2.24, 2.45) is 23.7 Å². The number of nitrogens with zero attached hydrogens (tertiary/aromatic N) is 1. The molecule has 3 amide bonds. The summed E-state index contributed by atoms with van der Waals surface area (Å²) in [7, 11) is 0. The zero-order chi connectivity index (χ0) is 26.6. The van der Waals surface area contributed by atoms with Gasteiger partial charge in [0.05, 0.1) is 24.5 Å². The van der Waals surface area contributed by atoms with E-state index in [1.54, 1.807) is 40.5 Å². The molecule has 1 aliphatic carbocycles. The molecule has 9 heteroatoms. The third-order valence-corrected chi connectivity index (χ3v) is 10.1. The molecule has 2 bridgehead atoms. The minimum absolute atomic E-state index is 0.0462. The summed E-state index contributed by atoms with van der Waals surface area (Å²) in [4.78, 5) is 44.3. The van der Waals surface area contributed by atoms with Crippen molar-refractivity contribution < 1.29 is 19.1 Å². The lowest BCUT2D eigenvalue weighted by molar-refractivity contribution is -0.142. The first kappa shape index (κ1) is 25.6. The number of likely N-dealkylation sites (tertiary alicyclic amines) is 1. The van der Waals surface area contributed by atoms with Crippen LogP contribution in [0, 0.1) is 23.7 Å². The highest BCUT2D eigenvalue weighted by molar-refractivity contribution is 7.09. The van der Waals surface area contributed by atoms with Crippen molar-refractivity contribution in [2.75, 3.05) is 5.32 Å². The molecule has 3 aliphatic heterocycles. The van der Waals surface area contributed by atoms with Crippen LogP contribution in [-0.4, -0.2) is 46.4 Å². The Kier molecular flexibility index (Phi) is 6.61. The molecule has 4 heterocycles. The van der Waals surface area contributed by atoms with Crippen LogP contribution in [0.25, 0.3) is 0 Å². The van der Waals surface area contributed by atoms with E-state index in [9.17, 15) is 14.4 Å². The number of anilines is 1. The zero-order valence-electron chi connectivity index (χ0n) is 21.4. The largest absolute Gasteiger partial charge is 0.359 e. The molecular weight excluding hydrogens is 522 g/mol. The van der Waals surface area contributed by atoms with E-state index in [2.05, 4.69) is 24.5 Å². The summed E-state index contributed by atoms with van der Waals surface area (Å²) in [6, 6.07) is 10.0. The van der Waals surface area contributed by atoms with Crippen molar-refractivity contribution in [1.29, 1.82) is 0 Å². The zero-order valence-corrected chi connectivity index (χ0v) is 23.0. The van der Waals surface area contributed by atoms with Gasteiger partial charge < -0.3 is 20.3 Å². The molecule has 38 heavy (non-hydrogen) atoms. The molecule has 1 aromatic heterocycles. The van der Waals surface area contributed by atoms with Crippen LogP contribution in [0.5, 0.6) is 0 Å². The quantitative estimate of drug-likeness (QED) is 0.511. The van der Waals surface area contributed by atoms with Gasteiger partial charge in [0, 0.05) is 21.6 Å². The van der Waals surface area contributed by atoms with Gasteiger partial charge in [0.1, 0.15) is 11.6 Å². The van der Waals surface area contributed by atoms with E-state index in [1.165, 1.54) is 0 Å². The summed E-state index contributed by atoms with van der Waals surface area (Å²) in [5.74, 6) is -1.40. The molecule has 1 saturated carbocycles. The summed E-state index contributed by atoms with van der Waals surface area (Å²) in [5.41, 5.74) is -0.623. The molecule has 200 valence electrons. The van der Waals surface area contributed by atoms with Crippen LogP contribution in [-0.2, 0) is 25.7 Å². The Labute approximate surface area is 231 Å². The lowest BCUT2D eigenvalue weighted by atomic mass is 9.73. The number of amides is 3. The second-order valence-corrected chi connectivity index (χ2v) is 12.6. The maximum Gasteiger partial charge on any atom is 0.246 e. The van der Waals surface area contributed by atoms with E-state index in [0.717, 1.165) is 24.1 Å². The summed E-state index contributed by atoms with van der Waals surface area (Å²) in [6.45, 7) is 4.72. The van der Waals surface area contributed by atoms with Crippen LogP contribution in [0.2, 0.25) is 5.02 Å². The standard InChI is InChI=1S/C29H32ClN3O4S/c1-16-6-3-10-21(17(16)2)32-27(35)25-29-12-11-22(37-29)23(26(34)31-19-8-4-7-18(30)14-19)24(29)28(36)33(25)15-20-9-5-13-38-20/h4-5,7-9,11-14,16-17,21-25H,3,6,10,15H2,1-2H3,(H,31,34)(H,32,35)/t16?,17?,21?,22-,23?,24-,25?,29?/m0/s1. The number of ether oxygens (including phenoxy) is 1. The van der Waals surface area contributed by atoms with E-state index in [1.807, 2.05) is 29.7 Å². The molecule has 0 radical (unpaired) electrons. The van der Waals surface area contributed by atoms with Gasteiger partial charge in [-0.15, -0.1) is 11.3 Å². The van der Waals surface area contributed by atoms with Gasteiger partial charge in [-0.3, -0.25) is 14.4 Å². The Bertz CT molecular complexity index is 1280. The fourth-order valence-corrected chi connectivity index (χ4v) is 7.74. The first-order valence-corrected chi connectivity index (χ1v) is 14.6. The number of hydrogen-bond acceptors (Lipinski definition) is 5. The average Bonchev–Trinajstić information content (AvgIpc) is 3.65. The van der Waals surface area contributed by atoms with Gasteiger partial charge in [0.2, 0.25) is 17.7 Å². The maximum atomic E-state index is 14.1. The molecule has 1 spiro atoms. The van der Waals surface area contributed by atoms with Crippen molar-refractivity contribution in [1.82, 2.24) is 10.2 Å². The monoisotopic (exact) mass is 553 g/mol. The number of carbonyl (C=O) groups is 3. The van der Waals surface area contributed by atoms with Crippen LogP contribution < -0.4 is 10.6 Å². The van der Waals surface area contributed by atoms with Gasteiger partial charge in [-0.05, 0) is 47.9 Å². The average molecular weight is 554 g/mol. The first-order chi connectivity index (χ1) is 18.3. The second kappa shape index (κ2) is 9.81. The van der Waals surface area contributed by atoms with E-state index < -0.39 is 29.6 Å². The van der Waals surface area contributed by atoms with Crippen molar-refractivity contribution in [2.45, 2.75) is 63.4 Å². The minimum atomic E-state index is -1.18. The number of benzene rings is 1. The van der Waals surface area contributed by atoms with Gasteiger partial charge in [-0.25, -0.2) is 0 Å². The molecule has 8 atom stereocenters. The van der Waals surface area contributed by atoms with Crippen molar-refractivity contribution in [3.63, 3.8) is 0 Å². The smallest absolute Gasteiger partial charge is 0.246 e. The molecule has 2 saturated heterocycles. The van der Waals surface area contributed by atoms with Crippen LogP contribution >= 0.6 is 22.9 Å². The predicted octanol–water partition coefficient (Wildman–Crippen LogP) is 4.63. The normalized spacial score (nSPS) is 35.4. The molecule has 3 fully saturated rings. The highest BCUT2D eigenvalue weighted by Gasteiger charge is 2.72. The summed E-state index contributed by atoms with van der Waals surface area (Å²) in [6.07, 6.45) is 6.26. The first-order valence-electron chi connectivity index (χ1n) is 13.4. The van der Waals surface area contributed by atoms with E-state index in [-0.39, 0.29) is 23.8 Å². The Hall–Kier alpha value is -2.68. The lowest BCUT2D eigenvalue weighted by Gasteiger charge is -2.38. The number of hydrogen-bond donors (Lipinski definition) is 2. The molecule has 2 N–H and O–H groups in total. The van der Waals surface area contributed by atoms with Gasteiger partial charge in [-0.1, -0.05) is 62.6 Å². The Morgan fingerprint density at radius 1 is 1.18 bits per heavy atom. The Morgan fingerprint density at radius 3 is 2.79 bits per heavy atom. The minimum Gasteiger partial charge on any atom is -0.359 e. The predicted molar refractivity (Wildman–Crippen MR) is 147 cm³/mol. The third-order valence-electron chi connectivity index (χ3n) is 8.96. The highest BCUT2D eigenvalue weighted by atomic mass is 35.5. The Balaban J connectivity index is 1.32. The number of nitrogens with one attached hydrogen (secondary N) is 2. The fourth-order valence-electron chi connectivity index (χ4n) is 6.85. The summed E-state index contributed by atoms with van der Waals surface area (Å²) < 4.78 is 6.45. The topological polar surface area (TPSA) is 87.7 Å². The van der Waals surface area contributed by atoms with Gasteiger partial charge in [-0.2, -0.15) is 0 Å². The van der Waals surface area contributed by atoms with E-state index in [0.29, 0.717) is 29.1 Å². The molecule has 7 nitrogen and oxygen atoms in total. The van der Waals surface area contributed by atoms with Crippen molar-refractivity contribution in [3.8, 4) is 0 Å². The highest BCUT2D eigenvalue weighted by Crippen LogP contribution is 2.55. The van der Waals surface area contributed by atoms with Gasteiger partial charge in [0.15, 0.2) is 0 Å². The number of carbonyl (C=O) groups excluding carboxylic acids is 3. The fraction of sp³-hybridized carbons (Fsp3) is 0.483. The van der Waals surface area contributed by atoms with Crippen LogP contribution in [0.3, 0.4) is 0 Å². The molecule has 2 aromatic rings. The Morgan fingerprint density at radius 2 is 2.03 bits per heavy atom. The molecule has 6 rings (SSSR count). The number of fused-ring (bicyclic) bond motifs is 1. The molecular formula is C29H32ClN3O4S. The SMILES string of the molecule is CC1CCCC(NC(=O)C2N(Cc3cccs3)C(=O)[C@@H]3C(C(=O)Nc4cccc(Cl)c4)[C@@H]4C=CC23O4)C1C. The van der Waals surface area contributed by atoms with E-state index >= 15 is 0 Å². The van der Waals surface area contributed by atoms with Gasteiger partial charge >= 0.3 is 0 Å². The van der Waals surface area contributed by atoms with Crippen LogP contribution in [0.1, 0.15) is 38.0 Å². The number of halogens is 1. The summed E-state index contributed by atoms with van der Waals surface area (Å²) >= 11 is 7.65. The molecule has 6 unspecified atom stereocenters. The maximum absolute atomic E-state index is 14.1. The molecule has 1 aromatic carbocycles. The number of thiophene rings is 1.